The number of pyridine rings is 1. The van der Waals surface area contributed by atoms with Crippen molar-refractivity contribution in [2.24, 2.45) is 0 Å². The van der Waals surface area contributed by atoms with Crippen molar-refractivity contribution in [3.63, 3.8) is 0 Å². The molecule has 1 amide bonds. The minimum absolute atomic E-state index is 0.320. The van der Waals surface area contributed by atoms with E-state index < -0.39 is 5.82 Å². The highest BCUT2D eigenvalue weighted by Gasteiger charge is 2.30. The second-order valence-corrected chi connectivity index (χ2v) is 7.84. The number of halogens is 1. The average Bonchev–Trinajstić information content (AvgIpc) is 3.36. The van der Waals surface area contributed by atoms with Crippen molar-refractivity contribution in [1.29, 1.82) is 0 Å². The van der Waals surface area contributed by atoms with Gasteiger partial charge in [0.2, 0.25) is 11.7 Å². The highest BCUT2D eigenvalue weighted by Crippen LogP contribution is 2.39. The molecule has 9 nitrogen and oxygen atoms in total. The number of hydrogen-bond acceptors (Lipinski definition) is 7. The Labute approximate surface area is 175 Å². The van der Waals surface area contributed by atoms with Gasteiger partial charge in [0.05, 0.1) is 29.8 Å². The minimum atomic E-state index is -0.417. The van der Waals surface area contributed by atoms with E-state index in [-0.39, 0.29) is 5.91 Å². The first-order valence-electron chi connectivity index (χ1n) is 10.2. The highest BCUT2D eigenvalue weighted by atomic mass is 19.1. The number of amides is 1. The van der Waals surface area contributed by atoms with Crippen molar-refractivity contribution >= 4 is 22.3 Å². The Morgan fingerprint density at radius 1 is 1.16 bits per heavy atom. The van der Waals surface area contributed by atoms with Crippen LogP contribution in [0.15, 0.2) is 35.1 Å². The van der Waals surface area contributed by atoms with Crippen LogP contribution in [0, 0.1) is 5.82 Å². The zero-order valence-electron chi connectivity index (χ0n) is 16.5. The predicted molar refractivity (Wildman–Crippen MR) is 108 cm³/mol. The van der Waals surface area contributed by atoms with Gasteiger partial charge in [0.1, 0.15) is 17.8 Å². The number of aromatic nitrogens is 4. The number of nitrogens with zero attached hydrogens (tertiary/aromatic N) is 5. The number of fused-ring (bicyclic) bond motifs is 3. The Morgan fingerprint density at radius 2 is 2.00 bits per heavy atom. The number of imidazole rings is 1. The summed E-state index contributed by atoms with van der Waals surface area (Å²) in [6.07, 6.45) is 3.73. The van der Waals surface area contributed by atoms with Crippen molar-refractivity contribution in [2.75, 3.05) is 26.3 Å². The van der Waals surface area contributed by atoms with Crippen LogP contribution in [-0.4, -0.2) is 56.7 Å². The van der Waals surface area contributed by atoms with Crippen LogP contribution in [0.1, 0.15) is 35.0 Å². The molecule has 1 saturated heterocycles. The van der Waals surface area contributed by atoms with Crippen LogP contribution in [-0.2, 0) is 4.74 Å². The first-order chi connectivity index (χ1) is 15.2. The van der Waals surface area contributed by atoms with Crippen LogP contribution in [0.4, 0.5) is 4.39 Å². The molecule has 4 aromatic rings. The largest absolute Gasteiger partial charge is 0.379 e. The zero-order valence-corrected chi connectivity index (χ0v) is 16.5. The van der Waals surface area contributed by atoms with Gasteiger partial charge in [0.15, 0.2) is 0 Å². The summed E-state index contributed by atoms with van der Waals surface area (Å²) in [6.45, 7) is 2.27. The number of ether oxygens (including phenoxy) is 1. The molecule has 158 valence electrons. The molecule has 0 unspecified atom stereocenters. The molecule has 1 N–H and O–H groups in total. The lowest BCUT2D eigenvalue weighted by Crippen LogP contribution is -2.48. The standard InChI is InChI=1S/C21H19FN6O3/c22-13-3-4-16-14(9-13)15(20(29)25-27-5-7-30-8-6-27)10-17-18(23-11-28(16)17)19-24-21(31-26-19)12-1-2-12/h3-4,9-12H,1-2,5-8H2,(H,25,29). The van der Waals surface area contributed by atoms with Gasteiger partial charge in [-0.3, -0.25) is 14.6 Å². The predicted octanol–water partition coefficient (Wildman–Crippen LogP) is 2.53. The third-order valence-corrected chi connectivity index (χ3v) is 5.69. The van der Waals surface area contributed by atoms with Crippen LogP contribution in [0.2, 0.25) is 0 Å². The third-order valence-electron chi connectivity index (χ3n) is 5.69. The van der Waals surface area contributed by atoms with Gasteiger partial charge in [-0.25, -0.2) is 14.4 Å². The Hall–Kier alpha value is -3.37. The third kappa shape index (κ3) is 3.24. The molecular weight excluding hydrogens is 403 g/mol. The molecule has 3 aromatic heterocycles. The fourth-order valence-corrected chi connectivity index (χ4v) is 3.90. The number of hydrazine groups is 1. The molecule has 1 aliphatic carbocycles. The van der Waals surface area contributed by atoms with Crippen LogP contribution in [0.25, 0.3) is 27.9 Å². The molecule has 2 fully saturated rings. The molecule has 4 heterocycles. The van der Waals surface area contributed by atoms with Gasteiger partial charge in [-0.2, -0.15) is 4.98 Å². The van der Waals surface area contributed by atoms with Crippen molar-refractivity contribution in [2.45, 2.75) is 18.8 Å². The maximum Gasteiger partial charge on any atom is 0.266 e. The van der Waals surface area contributed by atoms with Crippen LogP contribution in [0.5, 0.6) is 0 Å². The normalized spacial score (nSPS) is 17.5. The van der Waals surface area contributed by atoms with E-state index in [1.54, 1.807) is 23.5 Å². The maximum atomic E-state index is 14.1. The lowest BCUT2D eigenvalue weighted by Gasteiger charge is -2.27. The van der Waals surface area contributed by atoms with Gasteiger partial charge < -0.3 is 9.26 Å². The Kier molecular flexibility index (Phi) is 4.22. The summed E-state index contributed by atoms with van der Waals surface area (Å²) in [5.41, 5.74) is 5.08. The van der Waals surface area contributed by atoms with E-state index >= 15 is 0 Å². The Morgan fingerprint density at radius 3 is 2.81 bits per heavy atom. The molecule has 0 radical (unpaired) electrons. The van der Waals surface area contributed by atoms with Gasteiger partial charge in [-0.15, -0.1) is 0 Å². The van der Waals surface area contributed by atoms with E-state index in [2.05, 4.69) is 20.6 Å². The number of hydrogen-bond donors (Lipinski definition) is 1. The molecule has 1 aliphatic heterocycles. The molecule has 31 heavy (non-hydrogen) atoms. The molecule has 6 rings (SSSR count). The number of morpholine rings is 1. The van der Waals surface area contributed by atoms with E-state index in [9.17, 15) is 9.18 Å². The lowest BCUT2D eigenvalue weighted by molar-refractivity contribution is 0.0127. The van der Waals surface area contributed by atoms with E-state index in [4.69, 9.17) is 9.26 Å². The van der Waals surface area contributed by atoms with E-state index in [0.29, 0.717) is 71.6 Å². The number of carbonyl (C=O) groups excluding carboxylic acids is 1. The molecule has 2 aliphatic rings. The van der Waals surface area contributed by atoms with Crippen molar-refractivity contribution < 1.29 is 18.4 Å². The molecule has 1 aromatic carbocycles. The first-order valence-corrected chi connectivity index (χ1v) is 10.2. The van der Waals surface area contributed by atoms with Crippen molar-refractivity contribution in [1.82, 2.24) is 30.0 Å². The van der Waals surface area contributed by atoms with Gasteiger partial charge in [0.25, 0.3) is 5.91 Å². The van der Waals surface area contributed by atoms with Gasteiger partial charge in [-0.1, -0.05) is 5.16 Å². The molecule has 0 bridgehead atoms. The Balaban J connectivity index is 1.48. The summed E-state index contributed by atoms with van der Waals surface area (Å²) < 4.78 is 26.6. The maximum absolute atomic E-state index is 14.1. The van der Waals surface area contributed by atoms with Crippen LogP contribution >= 0.6 is 0 Å². The number of benzene rings is 1. The van der Waals surface area contributed by atoms with E-state index in [0.717, 1.165) is 12.8 Å². The summed E-state index contributed by atoms with van der Waals surface area (Å²) in [4.78, 5) is 22.1. The molecule has 0 atom stereocenters. The molecular formula is C21H19FN6O3. The fourth-order valence-electron chi connectivity index (χ4n) is 3.90. The summed E-state index contributed by atoms with van der Waals surface area (Å²) in [6, 6.07) is 6.07. The first kappa shape index (κ1) is 18.4. The number of rotatable bonds is 4. The second-order valence-electron chi connectivity index (χ2n) is 7.84. The lowest BCUT2D eigenvalue weighted by atomic mass is 10.1. The van der Waals surface area contributed by atoms with Crippen molar-refractivity contribution in [3.05, 3.63) is 47.9 Å². The topological polar surface area (TPSA) is 97.8 Å². The van der Waals surface area contributed by atoms with Gasteiger partial charge >= 0.3 is 0 Å². The summed E-state index contributed by atoms with van der Waals surface area (Å²) >= 11 is 0. The molecule has 1 saturated carbocycles. The second kappa shape index (κ2) is 7.10. The summed E-state index contributed by atoms with van der Waals surface area (Å²) in [5.74, 6) is 0.585. The van der Waals surface area contributed by atoms with E-state index in [1.165, 1.54) is 12.1 Å². The summed E-state index contributed by atoms with van der Waals surface area (Å²) in [7, 11) is 0. The quantitative estimate of drug-likeness (QED) is 0.540. The minimum Gasteiger partial charge on any atom is -0.379 e. The molecule has 10 heteroatoms. The highest BCUT2D eigenvalue weighted by molar-refractivity contribution is 6.08. The fraction of sp³-hybridized carbons (Fsp3) is 0.333. The van der Waals surface area contributed by atoms with Gasteiger partial charge in [-0.05, 0) is 37.1 Å². The number of nitrogens with one attached hydrogen (secondary N) is 1. The summed E-state index contributed by atoms with van der Waals surface area (Å²) in [5, 5.41) is 6.39. The Bertz CT molecular complexity index is 1310. The van der Waals surface area contributed by atoms with Crippen molar-refractivity contribution in [3.8, 4) is 11.5 Å². The average molecular weight is 422 g/mol. The monoisotopic (exact) mass is 422 g/mol. The molecule has 0 spiro atoms. The van der Waals surface area contributed by atoms with E-state index in [1.807, 2.05) is 4.40 Å². The van der Waals surface area contributed by atoms with Crippen LogP contribution < -0.4 is 5.43 Å². The SMILES string of the molecule is O=C(NN1CCOCC1)c1cc2c(-c3noc(C4CC4)n3)ncn2c2ccc(F)cc12. The smallest absolute Gasteiger partial charge is 0.266 e. The van der Waals surface area contributed by atoms with Crippen LogP contribution in [0.3, 0.4) is 0 Å². The van der Waals surface area contributed by atoms with Gasteiger partial charge in [0, 0.05) is 24.4 Å². The number of carbonyl (C=O) groups is 1. The zero-order chi connectivity index (χ0) is 20.9.